The van der Waals surface area contributed by atoms with Gasteiger partial charge in [0, 0.05) is 2.74 Å². The van der Waals surface area contributed by atoms with E-state index in [4.69, 9.17) is 2.74 Å². The van der Waals surface area contributed by atoms with Gasteiger partial charge in [-0.05, 0) is 55.7 Å². The van der Waals surface area contributed by atoms with Gasteiger partial charge in [-0.25, -0.2) is 0 Å². The van der Waals surface area contributed by atoms with E-state index in [9.17, 15) is 0 Å². The monoisotopic (exact) mass is 223 g/mol. The van der Waals surface area contributed by atoms with Crippen molar-refractivity contribution in [2.24, 2.45) is 5.92 Å². The van der Waals surface area contributed by atoms with Gasteiger partial charge >= 0.3 is 0 Å². The van der Waals surface area contributed by atoms with Crippen LogP contribution in [0.1, 0.15) is 45.5 Å². The molecule has 0 heterocycles. The molecule has 0 amide bonds. The summed E-state index contributed by atoms with van der Waals surface area (Å²) in [7, 11) is 0. The maximum atomic E-state index is 7.34. The lowest BCUT2D eigenvalue weighted by Crippen LogP contribution is -2.14. The van der Waals surface area contributed by atoms with E-state index in [-0.39, 0.29) is 0 Å². The highest BCUT2D eigenvalue weighted by Gasteiger charge is 2.21. The molecule has 1 fully saturated rings. The van der Waals surface area contributed by atoms with Crippen molar-refractivity contribution < 1.29 is 2.74 Å². The highest BCUT2D eigenvalue weighted by Crippen LogP contribution is 2.35. The minimum Gasteiger partial charge on any atom is -0.179 e. The van der Waals surface area contributed by atoms with Crippen molar-refractivity contribution >= 4 is 12.6 Å². The quantitative estimate of drug-likeness (QED) is 0.714. The Morgan fingerprint density at radius 3 is 2.53 bits per heavy atom. The molecule has 0 aliphatic heterocycles. The highest BCUT2D eigenvalue weighted by molar-refractivity contribution is 7.80. The van der Waals surface area contributed by atoms with Gasteiger partial charge in [-0.3, -0.25) is 0 Å². The normalized spacial score (nSPS) is 30.5. The first-order valence-corrected chi connectivity index (χ1v) is 6.39. The summed E-state index contributed by atoms with van der Waals surface area (Å²) in [5, 5.41) is 0. The van der Waals surface area contributed by atoms with Crippen molar-refractivity contribution in [3.63, 3.8) is 0 Å². The lowest BCUT2D eigenvalue weighted by atomic mass is 9.79. The minimum absolute atomic E-state index is 0.676. The summed E-state index contributed by atoms with van der Waals surface area (Å²) >= 11 is 4.37. The van der Waals surface area contributed by atoms with Crippen molar-refractivity contribution in [3.8, 4) is 0 Å². The Balaban J connectivity index is 1.99. The number of thiol groups is 1. The van der Waals surface area contributed by atoms with Gasteiger partial charge in [0.1, 0.15) is 0 Å². The average molecular weight is 223 g/mol. The zero-order valence-corrected chi connectivity index (χ0v) is 9.92. The van der Waals surface area contributed by atoms with Gasteiger partial charge in [0.15, 0.2) is 0 Å². The molecule has 1 aromatic rings. The van der Waals surface area contributed by atoms with Crippen LogP contribution in [0.4, 0.5) is 0 Å². The predicted octanol–water partition coefficient (Wildman–Crippen LogP) is 4.20. The van der Waals surface area contributed by atoms with E-state index in [1.54, 1.807) is 0 Å². The molecule has 1 heteroatoms. The first-order chi connectivity index (χ1) is 8.20. The summed E-state index contributed by atoms with van der Waals surface area (Å²) in [4.78, 5) is 0. The van der Waals surface area contributed by atoms with E-state index in [1.165, 1.54) is 31.2 Å². The summed E-state index contributed by atoms with van der Waals surface area (Å²) < 4.78 is 14.7. The second-order valence-corrected chi connectivity index (χ2v) is 4.93. The summed E-state index contributed by atoms with van der Waals surface area (Å²) in [6, 6.07) is 8.09. The Bertz CT molecular complexity index is 340. The van der Waals surface area contributed by atoms with E-state index in [2.05, 4.69) is 24.8 Å². The molecule has 15 heavy (non-hydrogen) atoms. The summed E-state index contributed by atoms with van der Waals surface area (Å²) in [6.45, 7) is -0.857. The number of benzene rings is 1. The van der Waals surface area contributed by atoms with Crippen molar-refractivity contribution in [2.75, 3.05) is 5.75 Å². The molecular weight excluding hydrogens is 200 g/mol. The van der Waals surface area contributed by atoms with Gasteiger partial charge in [-0.1, -0.05) is 29.8 Å². The maximum Gasteiger partial charge on any atom is 0.0280 e. The molecule has 0 radical (unpaired) electrons. The van der Waals surface area contributed by atoms with E-state index in [0.29, 0.717) is 5.92 Å². The van der Waals surface area contributed by atoms with E-state index in [1.807, 2.05) is 12.1 Å². The van der Waals surface area contributed by atoms with Gasteiger partial charge in [0.25, 0.3) is 0 Å². The first-order valence-electron chi connectivity index (χ1n) is 6.91. The van der Waals surface area contributed by atoms with Crippen LogP contribution in [-0.2, 0) is 0 Å². The molecule has 1 aromatic carbocycles. The van der Waals surface area contributed by atoms with Gasteiger partial charge in [-0.2, -0.15) is 12.6 Å². The Labute approximate surface area is 101 Å². The molecule has 1 saturated carbocycles. The standard InChI is InChI=1S/C14H20S/c1-11-2-6-13(7-3-11)14-8-4-12(10-15)5-9-14/h2-3,6-7,12,14-15H,4-5,8-10H2,1H3/i1TD. The zero-order valence-electron chi connectivity index (χ0n) is 11.0. The van der Waals surface area contributed by atoms with Crippen LogP contribution in [0.15, 0.2) is 24.3 Å². The molecule has 0 spiro atoms. The van der Waals surface area contributed by atoms with Crippen LogP contribution >= 0.6 is 12.6 Å². The third kappa shape index (κ3) is 2.78. The van der Waals surface area contributed by atoms with Crippen LogP contribution in [0.2, 0.25) is 0 Å². The Morgan fingerprint density at radius 2 is 2.00 bits per heavy atom. The van der Waals surface area contributed by atoms with Gasteiger partial charge in [0.05, 0.1) is 0 Å². The smallest absolute Gasteiger partial charge is 0.0280 e. The van der Waals surface area contributed by atoms with Gasteiger partial charge in [-0.15, -0.1) is 0 Å². The van der Waals surface area contributed by atoms with Crippen LogP contribution in [0.5, 0.6) is 0 Å². The number of rotatable bonds is 2. The molecule has 2 rings (SSSR count). The summed E-state index contributed by atoms with van der Waals surface area (Å²) in [5.74, 6) is 2.50. The van der Waals surface area contributed by atoms with Crippen molar-refractivity contribution in [3.05, 3.63) is 35.4 Å². The molecule has 82 valence electrons. The summed E-state index contributed by atoms with van der Waals surface area (Å²) in [5.41, 5.74) is 2.17. The van der Waals surface area contributed by atoms with E-state index >= 15 is 0 Å². The van der Waals surface area contributed by atoms with E-state index in [0.717, 1.165) is 17.2 Å². The summed E-state index contributed by atoms with van der Waals surface area (Å²) in [6.07, 6.45) is 5.09. The Morgan fingerprint density at radius 1 is 1.33 bits per heavy atom. The lowest BCUT2D eigenvalue weighted by Gasteiger charge is -2.27. The fourth-order valence-electron chi connectivity index (χ4n) is 2.45. The van der Waals surface area contributed by atoms with Gasteiger partial charge in [0.2, 0.25) is 0 Å². The third-order valence-corrected chi connectivity index (χ3v) is 4.03. The molecular formula is C14H20S. The molecule has 0 nitrogen and oxygen atoms in total. The highest BCUT2D eigenvalue weighted by atomic mass is 32.1. The Kier molecular flexibility index (Phi) is 2.94. The van der Waals surface area contributed by atoms with Crippen LogP contribution in [0.3, 0.4) is 0 Å². The van der Waals surface area contributed by atoms with Gasteiger partial charge < -0.3 is 0 Å². The Hall–Kier alpha value is -0.430. The maximum absolute atomic E-state index is 7.34. The topological polar surface area (TPSA) is 0 Å². The molecule has 1 aliphatic rings. The van der Waals surface area contributed by atoms with Crippen molar-refractivity contribution in [2.45, 2.75) is 38.5 Å². The van der Waals surface area contributed by atoms with Crippen LogP contribution < -0.4 is 0 Å². The second-order valence-electron chi connectivity index (χ2n) is 4.57. The molecule has 0 saturated heterocycles. The fraction of sp³-hybridized carbons (Fsp3) is 0.571. The third-order valence-electron chi connectivity index (χ3n) is 3.51. The number of aryl methyl sites for hydroxylation is 1. The van der Waals surface area contributed by atoms with Crippen LogP contribution in [0.25, 0.3) is 0 Å². The SMILES string of the molecule is [2H]C([3H])c1ccc(C2CCC(CS)CC2)cc1. The molecule has 0 N–H and O–H groups in total. The number of hydrogen-bond donors (Lipinski definition) is 1. The molecule has 1 unspecified atom stereocenters. The molecule has 0 aromatic heterocycles. The second kappa shape index (κ2) is 5.07. The molecule has 0 bridgehead atoms. The lowest BCUT2D eigenvalue weighted by molar-refractivity contribution is 0.353. The molecule has 1 aliphatic carbocycles. The van der Waals surface area contributed by atoms with Crippen molar-refractivity contribution in [1.29, 1.82) is 0 Å². The molecule has 1 atom stereocenters. The first kappa shape index (κ1) is 8.69. The fourth-order valence-corrected chi connectivity index (χ4v) is 2.81. The van der Waals surface area contributed by atoms with Crippen LogP contribution in [0, 0.1) is 12.8 Å². The van der Waals surface area contributed by atoms with E-state index < -0.39 is 6.88 Å². The van der Waals surface area contributed by atoms with Crippen molar-refractivity contribution in [1.82, 2.24) is 0 Å². The van der Waals surface area contributed by atoms with Crippen LogP contribution in [-0.4, -0.2) is 5.75 Å². The average Bonchev–Trinajstić information content (AvgIpc) is 2.39. The minimum atomic E-state index is -0.857. The zero-order chi connectivity index (χ0) is 12.3. The largest absolute Gasteiger partial charge is 0.179 e. The number of hydrogen-bond acceptors (Lipinski definition) is 1. The predicted molar refractivity (Wildman–Crippen MR) is 69.7 cm³/mol.